The minimum absolute atomic E-state index is 0.0965. The van der Waals surface area contributed by atoms with Gasteiger partial charge in [0.15, 0.2) is 0 Å². The standard InChI is InChI=1S/C18H21N3OS/c1-2-15-14-8-10-23-16(14)7-9-21(15)18(22)12-3-6-17(19-11-12)20-13-4-5-13/h3,6,8,10-11,13,15H,2,4-5,7,9H2,1H3,(H,19,20). The Morgan fingerprint density at radius 2 is 2.26 bits per heavy atom. The third-order valence-electron chi connectivity index (χ3n) is 4.68. The van der Waals surface area contributed by atoms with Gasteiger partial charge in [0.1, 0.15) is 5.82 Å². The third kappa shape index (κ3) is 2.85. The first kappa shape index (κ1) is 14.7. The summed E-state index contributed by atoms with van der Waals surface area (Å²) in [6, 6.07) is 6.77. The minimum Gasteiger partial charge on any atom is -0.367 e. The van der Waals surface area contributed by atoms with E-state index < -0.39 is 0 Å². The van der Waals surface area contributed by atoms with Crippen LogP contribution < -0.4 is 5.32 Å². The molecule has 120 valence electrons. The number of carbonyl (C=O) groups is 1. The van der Waals surface area contributed by atoms with Gasteiger partial charge in [0.05, 0.1) is 11.6 Å². The van der Waals surface area contributed by atoms with Crippen molar-refractivity contribution in [1.29, 1.82) is 0 Å². The molecule has 0 aromatic carbocycles. The Bertz CT molecular complexity index is 705. The number of aromatic nitrogens is 1. The largest absolute Gasteiger partial charge is 0.367 e. The number of pyridine rings is 1. The fourth-order valence-corrected chi connectivity index (χ4v) is 4.22. The molecule has 2 aromatic rings. The molecule has 0 saturated heterocycles. The van der Waals surface area contributed by atoms with Crippen molar-refractivity contribution in [3.63, 3.8) is 0 Å². The van der Waals surface area contributed by atoms with Crippen molar-refractivity contribution in [1.82, 2.24) is 9.88 Å². The summed E-state index contributed by atoms with van der Waals surface area (Å²) in [6.07, 6.45) is 6.06. The number of hydrogen-bond donors (Lipinski definition) is 1. The molecule has 2 aliphatic rings. The number of carbonyl (C=O) groups excluding carboxylic acids is 1. The molecule has 1 aliphatic heterocycles. The van der Waals surface area contributed by atoms with Gasteiger partial charge in [0, 0.05) is 23.7 Å². The van der Waals surface area contributed by atoms with Crippen molar-refractivity contribution < 1.29 is 4.79 Å². The van der Waals surface area contributed by atoms with E-state index in [4.69, 9.17) is 0 Å². The van der Waals surface area contributed by atoms with Gasteiger partial charge in [-0.25, -0.2) is 4.98 Å². The van der Waals surface area contributed by atoms with E-state index in [0.29, 0.717) is 11.6 Å². The topological polar surface area (TPSA) is 45.2 Å². The van der Waals surface area contributed by atoms with Crippen LogP contribution in [0, 0.1) is 0 Å². The van der Waals surface area contributed by atoms with Crippen molar-refractivity contribution in [2.45, 2.75) is 44.7 Å². The van der Waals surface area contributed by atoms with Gasteiger partial charge in [-0.05, 0) is 54.8 Å². The normalized spacial score (nSPS) is 20.2. The molecule has 0 bridgehead atoms. The summed E-state index contributed by atoms with van der Waals surface area (Å²) in [4.78, 5) is 20.8. The number of rotatable bonds is 4. The number of amides is 1. The summed E-state index contributed by atoms with van der Waals surface area (Å²) in [6.45, 7) is 2.95. The lowest BCUT2D eigenvalue weighted by Crippen LogP contribution is -2.39. The fraction of sp³-hybridized carbons (Fsp3) is 0.444. The van der Waals surface area contributed by atoms with Crippen LogP contribution in [-0.4, -0.2) is 28.4 Å². The monoisotopic (exact) mass is 327 g/mol. The van der Waals surface area contributed by atoms with Crippen LogP contribution in [0.25, 0.3) is 0 Å². The van der Waals surface area contributed by atoms with Gasteiger partial charge >= 0.3 is 0 Å². The molecular formula is C18H21N3OS. The van der Waals surface area contributed by atoms with Gasteiger partial charge in [-0.2, -0.15) is 0 Å². The first-order valence-electron chi connectivity index (χ1n) is 8.36. The van der Waals surface area contributed by atoms with Gasteiger partial charge in [0.25, 0.3) is 5.91 Å². The Labute approximate surface area is 140 Å². The molecule has 0 radical (unpaired) electrons. The van der Waals surface area contributed by atoms with E-state index in [9.17, 15) is 4.79 Å². The van der Waals surface area contributed by atoms with E-state index in [1.54, 1.807) is 6.20 Å². The summed E-state index contributed by atoms with van der Waals surface area (Å²) < 4.78 is 0. The molecule has 2 aromatic heterocycles. The maximum Gasteiger partial charge on any atom is 0.255 e. The highest BCUT2D eigenvalue weighted by Crippen LogP contribution is 2.36. The minimum atomic E-state index is 0.0965. The number of hydrogen-bond acceptors (Lipinski definition) is 4. The molecule has 3 heterocycles. The van der Waals surface area contributed by atoms with Crippen LogP contribution >= 0.6 is 11.3 Å². The second-order valence-corrected chi connectivity index (χ2v) is 7.32. The Morgan fingerprint density at radius 1 is 1.39 bits per heavy atom. The zero-order valence-corrected chi connectivity index (χ0v) is 14.1. The maximum absolute atomic E-state index is 12.9. The number of nitrogens with one attached hydrogen (secondary N) is 1. The van der Waals surface area contributed by atoms with E-state index in [-0.39, 0.29) is 11.9 Å². The first-order chi connectivity index (χ1) is 11.3. The number of fused-ring (bicyclic) bond motifs is 1. The average molecular weight is 327 g/mol. The van der Waals surface area contributed by atoms with E-state index in [2.05, 4.69) is 28.7 Å². The average Bonchev–Trinajstić information content (AvgIpc) is 3.26. The Balaban J connectivity index is 1.53. The number of thiophene rings is 1. The quantitative estimate of drug-likeness (QED) is 0.927. The molecule has 23 heavy (non-hydrogen) atoms. The highest BCUT2D eigenvalue weighted by Gasteiger charge is 2.31. The molecule has 1 N–H and O–H groups in total. The zero-order valence-electron chi connectivity index (χ0n) is 13.3. The molecular weight excluding hydrogens is 306 g/mol. The molecule has 4 nitrogen and oxygen atoms in total. The van der Waals surface area contributed by atoms with Crippen molar-refractivity contribution >= 4 is 23.1 Å². The summed E-state index contributed by atoms with van der Waals surface area (Å²) in [5.41, 5.74) is 2.01. The summed E-state index contributed by atoms with van der Waals surface area (Å²) in [5.74, 6) is 0.967. The van der Waals surface area contributed by atoms with E-state index in [1.807, 2.05) is 28.4 Å². The summed E-state index contributed by atoms with van der Waals surface area (Å²) >= 11 is 1.81. The molecule has 1 saturated carbocycles. The van der Waals surface area contributed by atoms with Gasteiger partial charge in [0.2, 0.25) is 0 Å². The van der Waals surface area contributed by atoms with Crippen molar-refractivity contribution in [3.8, 4) is 0 Å². The first-order valence-corrected chi connectivity index (χ1v) is 9.24. The van der Waals surface area contributed by atoms with Crippen molar-refractivity contribution in [2.75, 3.05) is 11.9 Å². The van der Waals surface area contributed by atoms with E-state index >= 15 is 0 Å². The highest BCUT2D eigenvalue weighted by atomic mass is 32.1. The van der Waals surface area contributed by atoms with Crippen LogP contribution in [0.15, 0.2) is 29.8 Å². The Kier molecular flexibility index (Phi) is 3.81. The van der Waals surface area contributed by atoms with Crippen molar-refractivity contribution in [2.24, 2.45) is 0 Å². The van der Waals surface area contributed by atoms with Gasteiger partial charge in [-0.3, -0.25) is 4.79 Å². The lowest BCUT2D eigenvalue weighted by atomic mass is 9.97. The van der Waals surface area contributed by atoms with Crippen LogP contribution in [0.5, 0.6) is 0 Å². The molecule has 1 unspecified atom stereocenters. The second-order valence-electron chi connectivity index (χ2n) is 6.32. The second kappa shape index (κ2) is 5.96. The third-order valence-corrected chi connectivity index (χ3v) is 5.68. The maximum atomic E-state index is 12.9. The van der Waals surface area contributed by atoms with Crippen LogP contribution in [0.1, 0.15) is 53.0 Å². The van der Waals surface area contributed by atoms with Gasteiger partial charge in [-0.1, -0.05) is 6.92 Å². The summed E-state index contributed by atoms with van der Waals surface area (Å²) in [5, 5.41) is 5.50. The molecule has 1 aliphatic carbocycles. The van der Waals surface area contributed by atoms with Crippen LogP contribution in [-0.2, 0) is 6.42 Å². The highest BCUT2D eigenvalue weighted by molar-refractivity contribution is 7.10. The smallest absolute Gasteiger partial charge is 0.255 e. The fourth-order valence-electron chi connectivity index (χ4n) is 3.29. The van der Waals surface area contributed by atoms with Crippen LogP contribution in [0.4, 0.5) is 5.82 Å². The van der Waals surface area contributed by atoms with E-state index in [1.165, 1.54) is 23.3 Å². The van der Waals surface area contributed by atoms with Crippen LogP contribution in [0.2, 0.25) is 0 Å². The lowest BCUT2D eigenvalue weighted by Gasteiger charge is -2.35. The molecule has 5 heteroatoms. The van der Waals surface area contributed by atoms with Crippen molar-refractivity contribution in [3.05, 3.63) is 45.8 Å². The van der Waals surface area contributed by atoms with Gasteiger partial charge in [-0.15, -0.1) is 11.3 Å². The lowest BCUT2D eigenvalue weighted by molar-refractivity contribution is 0.0657. The van der Waals surface area contributed by atoms with E-state index in [0.717, 1.165) is 25.2 Å². The van der Waals surface area contributed by atoms with Gasteiger partial charge < -0.3 is 10.2 Å². The number of anilines is 1. The Morgan fingerprint density at radius 3 is 2.96 bits per heavy atom. The Hall–Kier alpha value is -1.88. The molecule has 1 amide bonds. The summed E-state index contributed by atoms with van der Waals surface area (Å²) in [7, 11) is 0. The predicted molar refractivity (Wildman–Crippen MR) is 93.0 cm³/mol. The predicted octanol–water partition coefficient (Wildman–Crippen LogP) is 3.87. The molecule has 1 fully saturated rings. The van der Waals surface area contributed by atoms with Crippen LogP contribution in [0.3, 0.4) is 0 Å². The molecule has 4 rings (SSSR count). The molecule has 0 spiro atoms. The SMILES string of the molecule is CCC1c2ccsc2CCN1C(=O)c1ccc(NC2CC2)nc1. The zero-order chi connectivity index (χ0) is 15.8. The molecule has 1 atom stereocenters. The number of nitrogens with zero attached hydrogens (tertiary/aromatic N) is 2.